The smallest absolute Gasteiger partial charge is 0.243 e. The van der Waals surface area contributed by atoms with E-state index in [2.05, 4.69) is 10.3 Å². The van der Waals surface area contributed by atoms with Crippen molar-refractivity contribution in [2.24, 2.45) is 5.73 Å². The zero-order valence-corrected chi connectivity index (χ0v) is 11.1. The van der Waals surface area contributed by atoms with E-state index in [0.29, 0.717) is 5.82 Å². The first-order valence-corrected chi connectivity index (χ1v) is 6.01. The van der Waals surface area contributed by atoms with Crippen molar-refractivity contribution < 1.29 is 4.79 Å². The molecule has 3 N–H and O–H groups in total. The summed E-state index contributed by atoms with van der Waals surface area (Å²) >= 11 is 4.88. The summed E-state index contributed by atoms with van der Waals surface area (Å²) in [5, 5.41) is 2.91. The molecule has 0 aliphatic carbocycles. The molecule has 1 aromatic heterocycles. The highest BCUT2D eigenvalue weighted by Gasteiger charge is 2.19. The predicted molar refractivity (Wildman–Crippen MR) is 70.7 cm³/mol. The van der Waals surface area contributed by atoms with Gasteiger partial charge in [0.15, 0.2) is 5.82 Å². The Balaban J connectivity index is 2.81. The first-order chi connectivity index (χ1) is 7.97. The van der Waals surface area contributed by atoms with Gasteiger partial charge in [0.2, 0.25) is 5.91 Å². The monoisotopic (exact) mass is 254 g/mol. The number of rotatable bonds is 5. The molecule has 0 radical (unpaired) electrons. The fourth-order valence-corrected chi connectivity index (χ4v) is 1.57. The SMILES string of the molecule is CCC(C)NC(=O)C(C)n1ccnc1C(N)=S. The Morgan fingerprint density at radius 3 is 2.82 bits per heavy atom. The van der Waals surface area contributed by atoms with Crippen molar-refractivity contribution in [3.8, 4) is 0 Å². The van der Waals surface area contributed by atoms with Crippen molar-refractivity contribution >= 4 is 23.1 Å². The van der Waals surface area contributed by atoms with Gasteiger partial charge in [-0.25, -0.2) is 4.98 Å². The Morgan fingerprint density at radius 1 is 1.65 bits per heavy atom. The molecule has 0 aromatic carbocycles. The summed E-state index contributed by atoms with van der Waals surface area (Å²) in [4.78, 5) is 16.2. The highest BCUT2D eigenvalue weighted by atomic mass is 32.1. The molecule has 0 bridgehead atoms. The van der Waals surface area contributed by atoms with Crippen LogP contribution in [-0.4, -0.2) is 26.5 Å². The number of carbonyl (C=O) groups is 1. The van der Waals surface area contributed by atoms with Gasteiger partial charge in [0.25, 0.3) is 0 Å². The number of imidazole rings is 1. The molecular weight excluding hydrogens is 236 g/mol. The van der Waals surface area contributed by atoms with Gasteiger partial charge in [0, 0.05) is 18.4 Å². The minimum Gasteiger partial charge on any atom is -0.387 e. The molecule has 2 atom stereocenters. The summed E-state index contributed by atoms with van der Waals surface area (Å²) in [6.45, 7) is 5.78. The topological polar surface area (TPSA) is 72.9 Å². The first kappa shape index (κ1) is 13.6. The van der Waals surface area contributed by atoms with Gasteiger partial charge in [0.05, 0.1) is 0 Å². The predicted octanol–water partition coefficient (Wildman–Crippen LogP) is 0.993. The summed E-state index contributed by atoms with van der Waals surface area (Å²) in [6.07, 6.45) is 4.18. The van der Waals surface area contributed by atoms with Gasteiger partial charge in [-0.15, -0.1) is 0 Å². The Labute approximate surface area is 106 Å². The summed E-state index contributed by atoms with van der Waals surface area (Å²) in [5.74, 6) is 0.404. The fourth-order valence-electron chi connectivity index (χ4n) is 1.41. The summed E-state index contributed by atoms with van der Waals surface area (Å²) in [6, 6.07) is -0.218. The molecule has 94 valence electrons. The number of hydrogen-bond acceptors (Lipinski definition) is 3. The second-order valence-electron chi connectivity index (χ2n) is 4.02. The highest BCUT2D eigenvalue weighted by molar-refractivity contribution is 7.80. The second-order valence-corrected chi connectivity index (χ2v) is 4.46. The minimum atomic E-state index is -0.372. The molecule has 0 saturated carbocycles. The maximum Gasteiger partial charge on any atom is 0.243 e. The van der Waals surface area contributed by atoms with Crippen LogP contribution < -0.4 is 11.1 Å². The van der Waals surface area contributed by atoms with Gasteiger partial charge in [-0.3, -0.25) is 4.79 Å². The number of nitrogens with two attached hydrogens (primary N) is 1. The van der Waals surface area contributed by atoms with Crippen LogP contribution >= 0.6 is 12.2 Å². The maximum absolute atomic E-state index is 11.9. The van der Waals surface area contributed by atoms with Crippen molar-refractivity contribution in [2.45, 2.75) is 39.3 Å². The van der Waals surface area contributed by atoms with E-state index < -0.39 is 0 Å². The molecule has 2 unspecified atom stereocenters. The van der Waals surface area contributed by atoms with Gasteiger partial charge in [-0.1, -0.05) is 19.1 Å². The Kier molecular flexibility index (Phi) is 4.62. The molecule has 0 spiro atoms. The van der Waals surface area contributed by atoms with E-state index in [4.69, 9.17) is 18.0 Å². The van der Waals surface area contributed by atoms with E-state index in [-0.39, 0.29) is 23.0 Å². The first-order valence-electron chi connectivity index (χ1n) is 5.60. The number of nitrogens with zero attached hydrogens (tertiary/aromatic N) is 2. The third-order valence-electron chi connectivity index (χ3n) is 2.69. The number of thiocarbonyl (C=S) groups is 1. The molecule has 17 heavy (non-hydrogen) atoms. The van der Waals surface area contributed by atoms with Gasteiger partial charge < -0.3 is 15.6 Å². The third kappa shape index (κ3) is 3.26. The quantitative estimate of drug-likeness (QED) is 0.769. The van der Waals surface area contributed by atoms with Crippen molar-refractivity contribution in [3.63, 3.8) is 0 Å². The van der Waals surface area contributed by atoms with Crippen LogP contribution in [0.4, 0.5) is 0 Å². The van der Waals surface area contributed by atoms with E-state index >= 15 is 0 Å². The molecule has 1 rings (SSSR count). The lowest BCUT2D eigenvalue weighted by Crippen LogP contribution is -2.37. The second kappa shape index (κ2) is 5.77. The summed E-state index contributed by atoms with van der Waals surface area (Å²) in [7, 11) is 0. The van der Waals surface area contributed by atoms with Crippen molar-refractivity contribution in [1.82, 2.24) is 14.9 Å². The van der Waals surface area contributed by atoms with Crippen LogP contribution in [0.3, 0.4) is 0 Å². The third-order valence-corrected chi connectivity index (χ3v) is 2.87. The van der Waals surface area contributed by atoms with Crippen LogP contribution in [0.1, 0.15) is 39.1 Å². The molecule has 1 heterocycles. The highest BCUT2D eigenvalue weighted by Crippen LogP contribution is 2.10. The van der Waals surface area contributed by atoms with Crippen LogP contribution in [0, 0.1) is 0 Å². The Hall–Kier alpha value is -1.43. The lowest BCUT2D eigenvalue weighted by molar-refractivity contribution is -0.124. The van der Waals surface area contributed by atoms with Crippen molar-refractivity contribution in [2.75, 3.05) is 0 Å². The number of amides is 1. The van der Waals surface area contributed by atoms with E-state index in [0.717, 1.165) is 6.42 Å². The Morgan fingerprint density at radius 2 is 2.29 bits per heavy atom. The van der Waals surface area contributed by atoms with Crippen LogP contribution in [0.2, 0.25) is 0 Å². The average molecular weight is 254 g/mol. The lowest BCUT2D eigenvalue weighted by Gasteiger charge is -2.18. The van der Waals surface area contributed by atoms with Crippen LogP contribution in [0.15, 0.2) is 12.4 Å². The van der Waals surface area contributed by atoms with Crippen molar-refractivity contribution in [3.05, 3.63) is 18.2 Å². The van der Waals surface area contributed by atoms with Crippen LogP contribution in [0.5, 0.6) is 0 Å². The van der Waals surface area contributed by atoms with E-state index in [1.807, 2.05) is 13.8 Å². The van der Waals surface area contributed by atoms with E-state index in [1.54, 1.807) is 23.9 Å². The standard InChI is InChI=1S/C11H18N4OS/c1-4-7(2)14-11(16)8(3)15-6-5-13-10(15)9(12)17/h5-8H,4H2,1-3H3,(H2,12,17)(H,14,16). The van der Waals surface area contributed by atoms with Crippen molar-refractivity contribution in [1.29, 1.82) is 0 Å². The number of nitrogens with one attached hydrogen (secondary N) is 1. The zero-order valence-electron chi connectivity index (χ0n) is 10.3. The summed E-state index contributed by atoms with van der Waals surface area (Å²) < 4.78 is 1.68. The van der Waals surface area contributed by atoms with E-state index in [1.165, 1.54) is 0 Å². The molecular formula is C11H18N4OS. The van der Waals surface area contributed by atoms with Crippen LogP contribution in [-0.2, 0) is 4.79 Å². The molecule has 1 amide bonds. The molecule has 6 heteroatoms. The number of carbonyl (C=O) groups excluding carboxylic acids is 1. The average Bonchev–Trinajstić information content (AvgIpc) is 2.76. The largest absolute Gasteiger partial charge is 0.387 e. The molecule has 0 saturated heterocycles. The van der Waals surface area contributed by atoms with Gasteiger partial charge in [-0.05, 0) is 20.3 Å². The number of aromatic nitrogens is 2. The van der Waals surface area contributed by atoms with E-state index in [9.17, 15) is 4.79 Å². The number of hydrogen-bond donors (Lipinski definition) is 2. The Bertz CT molecular complexity index is 415. The molecule has 0 aliphatic rings. The summed E-state index contributed by atoms with van der Waals surface area (Å²) in [5.41, 5.74) is 5.54. The zero-order chi connectivity index (χ0) is 13.0. The van der Waals surface area contributed by atoms with Gasteiger partial charge >= 0.3 is 0 Å². The lowest BCUT2D eigenvalue weighted by atomic mass is 10.2. The molecule has 5 nitrogen and oxygen atoms in total. The molecule has 0 fully saturated rings. The van der Waals surface area contributed by atoms with Gasteiger partial charge in [-0.2, -0.15) is 0 Å². The van der Waals surface area contributed by atoms with Crippen LogP contribution in [0.25, 0.3) is 0 Å². The maximum atomic E-state index is 11.9. The fraction of sp³-hybridized carbons (Fsp3) is 0.545. The minimum absolute atomic E-state index is 0.0603. The molecule has 0 aliphatic heterocycles. The van der Waals surface area contributed by atoms with Gasteiger partial charge in [0.1, 0.15) is 11.0 Å². The normalized spacial score (nSPS) is 14.1. The molecule has 1 aromatic rings.